The maximum Gasteiger partial charge on any atom is 0.321 e. The second-order valence-electron chi connectivity index (χ2n) is 6.08. The van der Waals surface area contributed by atoms with Crippen molar-refractivity contribution < 1.29 is 4.79 Å². The van der Waals surface area contributed by atoms with Gasteiger partial charge in [-0.3, -0.25) is 0 Å². The van der Waals surface area contributed by atoms with Crippen LogP contribution in [-0.2, 0) is 0 Å². The van der Waals surface area contributed by atoms with E-state index < -0.39 is 0 Å². The molecule has 0 unspecified atom stereocenters. The van der Waals surface area contributed by atoms with Crippen molar-refractivity contribution >= 4 is 23.1 Å². The number of anilines is 1. The Hall–Kier alpha value is -1.81. The van der Waals surface area contributed by atoms with Gasteiger partial charge < -0.3 is 10.2 Å². The first-order chi connectivity index (χ1) is 10.6. The van der Waals surface area contributed by atoms with Gasteiger partial charge in [-0.25, -0.2) is 4.79 Å². The fraction of sp³-hybridized carbons (Fsp3) is 0.389. The molecule has 2 heterocycles. The van der Waals surface area contributed by atoms with E-state index in [1.807, 2.05) is 28.4 Å². The SMILES string of the molecule is Cc1cc(C)cc(NC(=O)N2CCC(c3cccs3)CC2)c1. The zero-order valence-corrected chi connectivity index (χ0v) is 14.0. The Morgan fingerprint density at radius 2 is 1.86 bits per heavy atom. The van der Waals surface area contributed by atoms with E-state index in [0.29, 0.717) is 5.92 Å². The van der Waals surface area contributed by atoms with Crippen LogP contribution in [0.25, 0.3) is 0 Å². The lowest BCUT2D eigenvalue weighted by atomic mass is 9.95. The number of nitrogens with zero attached hydrogens (tertiary/aromatic N) is 1. The molecule has 1 aromatic carbocycles. The maximum atomic E-state index is 12.4. The third-order valence-electron chi connectivity index (χ3n) is 4.20. The Morgan fingerprint density at radius 1 is 1.18 bits per heavy atom. The summed E-state index contributed by atoms with van der Waals surface area (Å²) in [5.74, 6) is 0.616. The van der Waals surface area contributed by atoms with Gasteiger partial charge in [0.05, 0.1) is 0 Å². The van der Waals surface area contributed by atoms with Crippen molar-refractivity contribution in [3.05, 3.63) is 51.7 Å². The highest BCUT2D eigenvalue weighted by Crippen LogP contribution is 2.31. The van der Waals surface area contributed by atoms with Crippen LogP contribution >= 0.6 is 11.3 Å². The first-order valence-electron chi connectivity index (χ1n) is 7.79. The highest BCUT2D eigenvalue weighted by molar-refractivity contribution is 7.10. The van der Waals surface area contributed by atoms with Crippen molar-refractivity contribution in [2.24, 2.45) is 0 Å². The van der Waals surface area contributed by atoms with Gasteiger partial charge in [-0.1, -0.05) is 12.1 Å². The predicted molar refractivity (Wildman–Crippen MR) is 92.8 cm³/mol. The summed E-state index contributed by atoms with van der Waals surface area (Å²) in [5.41, 5.74) is 3.24. The van der Waals surface area contributed by atoms with Gasteiger partial charge in [-0.05, 0) is 67.3 Å². The fourth-order valence-corrected chi connectivity index (χ4v) is 4.04. The number of thiophene rings is 1. The summed E-state index contributed by atoms with van der Waals surface area (Å²) in [6.07, 6.45) is 2.11. The first kappa shape index (κ1) is 15.1. The van der Waals surface area contributed by atoms with Crippen LogP contribution in [0.2, 0.25) is 0 Å². The molecule has 116 valence electrons. The summed E-state index contributed by atoms with van der Waals surface area (Å²) >= 11 is 1.83. The van der Waals surface area contributed by atoms with Crippen molar-refractivity contribution in [1.82, 2.24) is 4.90 Å². The first-order valence-corrected chi connectivity index (χ1v) is 8.67. The molecule has 1 aromatic heterocycles. The summed E-state index contributed by atoms with van der Waals surface area (Å²) in [4.78, 5) is 15.8. The van der Waals surface area contributed by atoms with E-state index in [-0.39, 0.29) is 6.03 Å². The Morgan fingerprint density at radius 3 is 2.45 bits per heavy atom. The third-order valence-corrected chi connectivity index (χ3v) is 5.24. The molecule has 0 radical (unpaired) electrons. The average Bonchev–Trinajstić information content (AvgIpc) is 3.00. The molecule has 1 fully saturated rings. The lowest BCUT2D eigenvalue weighted by molar-refractivity contribution is 0.195. The number of rotatable bonds is 2. The van der Waals surface area contributed by atoms with E-state index in [0.717, 1.165) is 31.6 Å². The van der Waals surface area contributed by atoms with Crippen LogP contribution in [0.15, 0.2) is 35.7 Å². The Bertz CT molecular complexity index is 623. The van der Waals surface area contributed by atoms with Crippen LogP contribution in [0, 0.1) is 13.8 Å². The highest BCUT2D eigenvalue weighted by atomic mass is 32.1. The number of piperidine rings is 1. The van der Waals surface area contributed by atoms with E-state index in [2.05, 4.69) is 42.7 Å². The van der Waals surface area contributed by atoms with Crippen molar-refractivity contribution in [3.8, 4) is 0 Å². The van der Waals surface area contributed by atoms with E-state index >= 15 is 0 Å². The molecule has 1 aliphatic rings. The topological polar surface area (TPSA) is 32.3 Å². The standard InChI is InChI=1S/C18H22N2OS/c1-13-10-14(2)12-16(11-13)19-18(21)20-7-5-15(6-8-20)17-4-3-9-22-17/h3-4,9-12,15H,5-8H2,1-2H3,(H,19,21). The zero-order chi connectivity index (χ0) is 15.5. The van der Waals surface area contributed by atoms with Gasteiger partial charge in [0.25, 0.3) is 0 Å². The smallest absolute Gasteiger partial charge is 0.321 e. The number of amides is 2. The zero-order valence-electron chi connectivity index (χ0n) is 13.1. The summed E-state index contributed by atoms with van der Waals surface area (Å²) in [5, 5.41) is 5.17. The maximum absolute atomic E-state index is 12.4. The number of carbonyl (C=O) groups is 1. The molecule has 2 aromatic rings. The van der Waals surface area contributed by atoms with Gasteiger partial charge >= 0.3 is 6.03 Å². The molecule has 3 nitrogen and oxygen atoms in total. The van der Waals surface area contributed by atoms with Gasteiger partial charge in [-0.15, -0.1) is 11.3 Å². The van der Waals surface area contributed by atoms with Gasteiger partial charge in [-0.2, -0.15) is 0 Å². The number of benzene rings is 1. The van der Waals surface area contributed by atoms with E-state index in [9.17, 15) is 4.79 Å². The van der Waals surface area contributed by atoms with Crippen molar-refractivity contribution in [1.29, 1.82) is 0 Å². The van der Waals surface area contributed by atoms with E-state index in [1.165, 1.54) is 16.0 Å². The summed E-state index contributed by atoms with van der Waals surface area (Å²) in [6, 6.07) is 10.5. The highest BCUT2D eigenvalue weighted by Gasteiger charge is 2.24. The molecule has 4 heteroatoms. The normalized spacial score (nSPS) is 15.8. The Kier molecular flexibility index (Phi) is 4.48. The second kappa shape index (κ2) is 6.53. The number of hydrogen-bond acceptors (Lipinski definition) is 2. The van der Waals surface area contributed by atoms with Gasteiger partial charge in [0.2, 0.25) is 0 Å². The van der Waals surface area contributed by atoms with E-state index in [4.69, 9.17) is 0 Å². The van der Waals surface area contributed by atoms with Crippen LogP contribution in [0.5, 0.6) is 0 Å². The molecule has 2 amide bonds. The van der Waals surface area contributed by atoms with Crippen molar-refractivity contribution in [2.45, 2.75) is 32.6 Å². The lowest BCUT2D eigenvalue weighted by Gasteiger charge is -2.31. The van der Waals surface area contributed by atoms with Gasteiger partial charge in [0, 0.05) is 23.7 Å². The monoisotopic (exact) mass is 314 g/mol. The summed E-state index contributed by atoms with van der Waals surface area (Å²) in [6.45, 7) is 5.77. The number of aryl methyl sites for hydroxylation is 2. The molecule has 0 atom stereocenters. The molecule has 0 bridgehead atoms. The molecule has 3 rings (SSSR count). The molecule has 1 N–H and O–H groups in total. The fourth-order valence-electron chi connectivity index (χ4n) is 3.14. The van der Waals surface area contributed by atoms with Crippen molar-refractivity contribution in [3.63, 3.8) is 0 Å². The van der Waals surface area contributed by atoms with Crippen LogP contribution in [0.4, 0.5) is 10.5 Å². The molecular formula is C18H22N2OS. The molecule has 1 saturated heterocycles. The minimum atomic E-state index is 0.0228. The van der Waals surface area contributed by atoms with Crippen LogP contribution < -0.4 is 5.32 Å². The molecule has 0 spiro atoms. The van der Waals surface area contributed by atoms with Crippen molar-refractivity contribution in [2.75, 3.05) is 18.4 Å². The third kappa shape index (κ3) is 3.50. The summed E-state index contributed by atoms with van der Waals surface area (Å²) in [7, 11) is 0. The van der Waals surface area contributed by atoms with Crippen LogP contribution in [0.1, 0.15) is 34.8 Å². The molecule has 22 heavy (non-hydrogen) atoms. The number of nitrogens with one attached hydrogen (secondary N) is 1. The minimum absolute atomic E-state index is 0.0228. The number of urea groups is 1. The van der Waals surface area contributed by atoms with E-state index in [1.54, 1.807) is 0 Å². The lowest BCUT2D eigenvalue weighted by Crippen LogP contribution is -2.40. The quantitative estimate of drug-likeness (QED) is 0.850. The van der Waals surface area contributed by atoms with Crippen LogP contribution in [-0.4, -0.2) is 24.0 Å². The average molecular weight is 314 g/mol. The number of carbonyl (C=O) groups excluding carboxylic acids is 1. The Balaban J connectivity index is 1.58. The molecular weight excluding hydrogens is 292 g/mol. The molecule has 0 saturated carbocycles. The van der Waals surface area contributed by atoms with Gasteiger partial charge in [0.1, 0.15) is 0 Å². The minimum Gasteiger partial charge on any atom is -0.324 e. The molecule has 0 aliphatic carbocycles. The van der Waals surface area contributed by atoms with Gasteiger partial charge in [0.15, 0.2) is 0 Å². The Labute approximate surface area is 136 Å². The second-order valence-corrected chi connectivity index (χ2v) is 7.06. The largest absolute Gasteiger partial charge is 0.324 e. The summed E-state index contributed by atoms with van der Waals surface area (Å²) < 4.78 is 0. The predicted octanol–water partition coefficient (Wildman–Crippen LogP) is 4.78. The number of likely N-dealkylation sites (tertiary alicyclic amines) is 1. The number of hydrogen-bond donors (Lipinski definition) is 1. The molecule has 1 aliphatic heterocycles. The van der Waals surface area contributed by atoms with Crippen LogP contribution in [0.3, 0.4) is 0 Å².